The number of hydrogen-bond acceptors (Lipinski definition) is 2. The van der Waals surface area contributed by atoms with Gasteiger partial charge >= 0.3 is 0 Å². The lowest BCUT2D eigenvalue weighted by Gasteiger charge is -2.21. The summed E-state index contributed by atoms with van der Waals surface area (Å²) in [6.07, 6.45) is 0. The van der Waals surface area contributed by atoms with Crippen molar-refractivity contribution in [2.75, 3.05) is 0 Å². The molecule has 3 heteroatoms. The average Bonchev–Trinajstić information content (AvgIpc) is 3.59. The maximum absolute atomic E-state index is 5.19. The first kappa shape index (κ1) is 28.0. The SMILES string of the molecule is CC.CC1(C)c2ccccc2-c2c1c1ccccc1n2-c1ccc(-c2nc(-c3ccccc3)c3ccc4ccccc4c3n2)cc1. The van der Waals surface area contributed by atoms with Gasteiger partial charge in [-0.25, -0.2) is 9.97 Å². The van der Waals surface area contributed by atoms with Crippen LogP contribution in [0.4, 0.5) is 0 Å². The van der Waals surface area contributed by atoms with Crippen LogP contribution in [-0.4, -0.2) is 14.5 Å². The summed E-state index contributed by atoms with van der Waals surface area (Å²) in [7, 11) is 0. The summed E-state index contributed by atoms with van der Waals surface area (Å²) in [5.74, 6) is 0.730. The van der Waals surface area contributed by atoms with Crippen LogP contribution in [0.15, 0.2) is 140 Å². The third kappa shape index (κ3) is 4.12. The van der Waals surface area contributed by atoms with E-state index in [9.17, 15) is 0 Å². The van der Waals surface area contributed by atoms with E-state index in [1.165, 1.54) is 38.7 Å². The second kappa shape index (κ2) is 10.8. The predicted octanol–water partition coefficient (Wildman–Crippen LogP) is 11.4. The number of nitrogens with zero attached hydrogens (tertiary/aromatic N) is 3. The third-order valence-electron chi connectivity index (χ3n) is 9.38. The molecule has 0 saturated carbocycles. The maximum atomic E-state index is 5.19. The van der Waals surface area contributed by atoms with Gasteiger partial charge in [0.2, 0.25) is 0 Å². The van der Waals surface area contributed by atoms with Gasteiger partial charge in [0.1, 0.15) is 0 Å². The van der Waals surface area contributed by atoms with Crippen molar-refractivity contribution in [1.82, 2.24) is 14.5 Å². The van der Waals surface area contributed by atoms with Gasteiger partial charge in [-0.3, -0.25) is 0 Å². The van der Waals surface area contributed by atoms with E-state index < -0.39 is 0 Å². The van der Waals surface area contributed by atoms with E-state index in [0.29, 0.717) is 0 Å². The van der Waals surface area contributed by atoms with Crippen LogP contribution >= 0.6 is 0 Å². The van der Waals surface area contributed by atoms with Gasteiger partial charge < -0.3 is 4.57 Å². The minimum atomic E-state index is -0.0771. The summed E-state index contributed by atoms with van der Waals surface area (Å²) < 4.78 is 2.44. The van der Waals surface area contributed by atoms with Crippen LogP contribution in [0.3, 0.4) is 0 Å². The smallest absolute Gasteiger partial charge is 0.160 e. The largest absolute Gasteiger partial charge is 0.309 e. The molecule has 0 radical (unpaired) electrons. The van der Waals surface area contributed by atoms with Crippen molar-refractivity contribution in [2.45, 2.75) is 33.1 Å². The molecule has 222 valence electrons. The van der Waals surface area contributed by atoms with E-state index >= 15 is 0 Å². The Kier molecular flexibility index (Phi) is 6.58. The van der Waals surface area contributed by atoms with Gasteiger partial charge in [0, 0.05) is 44.0 Å². The number of rotatable bonds is 3. The Bertz CT molecular complexity index is 2400. The molecular formula is C43H35N3. The molecule has 6 aromatic carbocycles. The molecule has 0 fully saturated rings. The minimum absolute atomic E-state index is 0.0771. The standard InChI is InChI=1S/C41H29N3.C2H6/c1-41(2)34-18-10-8-16-31(34)39-36(41)32-17-9-11-19-35(32)44(39)29-23-20-28(21-24-29)40-42-37(27-13-4-3-5-14-27)33-25-22-26-12-6-7-15-30(26)38(33)43-40;1-2/h3-25H,1-2H3;1-2H3. The fourth-order valence-corrected chi connectivity index (χ4v) is 7.33. The van der Waals surface area contributed by atoms with Gasteiger partial charge in [0.05, 0.1) is 22.4 Å². The highest BCUT2D eigenvalue weighted by Gasteiger charge is 2.40. The Hall–Kier alpha value is -5.54. The molecule has 0 N–H and O–H groups in total. The molecule has 0 atom stereocenters. The number of hydrogen-bond donors (Lipinski definition) is 0. The molecule has 1 aliphatic carbocycles. The lowest BCUT2D eigenvalue weighted by molar-refractivity contribution is 0.666. The van der Waals surface area contributed by atoms with E-state index in [1.807, 2.05) is 19.9 Å². The third-order valence-corrected chi connectivity index (χ3v) is 9.38. The van der Waals surface area contributed by atoms with Crippen LogP contribution < -0.4 is 0 Å². The van der Waals surface area contributed by atoms with E-state index in [0.717, 1.165) is 44.6 Å². The highest BCUT2D eigenvalue weighted by Crippen LogP contribution is 2.53. The quantitative estimate of drug-likeness (QED) is 0.191. The lowest BCUT2D eigenvalue weighted by Crippen LogP contribution is -2.14. The number of benzene rings is 6. The Labute approximate surface area is 269 Å². The first-order chi connectivity index (χ1) is 22.6. The van der Waals surface area contributed by atoms with Gasteiger partial charge in [-0.2, -0.15) is 0 Å². The Morgan fingerprint density at radius 3 is 2.02 bits per heavy atom. The normalized spacial score (nSPS) is 13.0. The monoisotopic (exact) mass is 593 g/mol. The van der Waals surface area contributed by atoms with Crippen LogP contribution in [0.5, 0.6) is 0 Å². The summed E-state index contributed by atoms with van der Waals surface area (Å²) in [4.78, 5) is 10.4. The van der Waals surface area contributed by atoms with Gasteiger partial charge in [-0.05, 0) is 52.9 Å². The number of para-hydroxylation sites is 1. The number of fused-ring (bicyclic) bond motifs is 8. The van der Waals surface area contributed by atoms with Crippen LogP contribution in [0.1, 0.15) is 38.8 Å². The summed E-state index contributed by atoms with van der Waals surface area (Å²) in [5.41, 5.74) is 11.7. The summed E-state index contributed by atoms with van der Waals surface area (Å²) in [5, 5.41) is 4.68. The topological polar surface area (TPSA) is 30.7 Å². The number of aromatic nitrogens is 3. The van der Waals surface area contributed by atoms with Crippen molar-refractivity contribution in [3.8, 4) is 39.6 Å². The van der Waals surface area contributed by atoms with E-state index in [1.54, 1.807) is 0 Å². The van der Waals surface area contributed by atoms with Crippen LogP contribution in [0.2, 0.25) is 0 Å². The van der Waals surface area contributed by atoms with Gasteiger partial charge in [0.15, 0.2) is 5.82 Å². The predicted molar refractivity (Wildman–Crippen MR) is 194 cm³/mol. The Morgan fingerprint density at radius 1 is 0.543 bits per heavy atom. The van der Waals surface area contributed by atoms with Gasteiger partial charge in [0.25, 0.3) is 0 Å². The molecule has 46 heavy (non-hydrogen) atoms. The fourth-order valence-electron chi connectivity index (χ4n) is 7.33. The summed E-state index contributed by atoms with van der Waals surface area (Å²) in [6.45, 7) is 8.70. The molecule has 2 heterocycles. The molecule has 1 aliphatic rings. The lowest BCUT2D eigenvalue weighted by atomic mass is 9.81. The van der Waals surface area contributed by atoms with Gasteiger partial charge in [-0.1, -0.05) is 131 Å². The maximum Gasteiger partial charge on any atom is 0.160 e. The zero-order valence-electron chi connectivity index (χ0n) is 26.6. The molecule has 2 aromatic heterocycles. The second-order valence-electron chi connectivity index (χ2n) is 12.2. The molecule has 0 spiro atoms. The van der Waals surface area contributed by atoms with Crippen molar-refractivity contribution < 1.29 is 0 Å². The van der Waals surface area contributed by atoms with Crippen molar-refractivity contribution in [1.29, 1.82) is 0 Å². The van der Waals surface area contributed by atoms with Crippen molar-refractivity contribution >= 4 is 32.6 Å². The zero-order valence-corrected chi connectivity index (χ0v) is 26.6. The first-order valence-electron chi connectivity index (χ1n) is 16.2. The Morgan fingerprint density at radius 2 is 1.22 bits per heavy atom. The second-order valence-corrected chi connectivity index (χ2v) is 12.2. The minimum Gasteiger partial charge on any atom is -0.309 e. The molecule has 0 unspecified atom stereocenters. The summed E-state index contributed by atoms with van der Waals surface area (Å²) in [6, 6.07) is 49.7. The molecule has 0 bridgehead atoms. The summed E-state index contributed by atoms with van der Waals surface area (Å²) >= 11 is 0. The van der Waals surface area contributed by atoms with Crippen LogP contribution in [0.25, 0.3) is 72.2 Å². The molecule has 0 aliphatic heterocycles. The van der Waals surface area contributed by atoms with E-state index in [2.05, 4.69) is 152 Å². The average molecular weight is 594 g/mol. The Balaban J connectivity index is 0.00000153. The molecular weight excluding hydrogens is 558 g/mol. The zero-order chi connectivity index (χ0) is 31.4. The molecule has 9 rings (SSSR count). The fraction of sp³-hybridized carbons (Fsp3) is 0.116. The van der Waals surface area contributed by atoms with Crippen LogP contribution in [0, 0.1) is 0 Å². The molecule has 0 amide bonds. The van der Waals surface area contributed by atoms with Gasteiger partial charge in [-0.15, -0.1) is 0 Å². The van der Waals surface area contributed by atoms with Crippen molar-refractivity contribution in [3.05, 3.63) is 151 Å². The highest BCUT2D eigenvalue weighted by molar-refractivity contribution is 6.09. The molecule has 3 nitrogen and oxygen atoms in total. The van der Waals surface area contributed by atoms with E-state index in [-0.39, 0.29) is 5.41 Å². The molecule has 0 saturated heterocycles. The first-order valence-corrected chi connectivity index (χ1v) is 16.2. The van der Waals surface area contributed by atoms with Crippen molar-refractivity contribution in [2.24, 2.45) is 0 Å². The van der Waals surface area contributed by atoms with Crippen molar-refractivity contribution in [3.63, 3.8) is 0 Å². The van der Waals surface area contributed by atoms with Crippen LogP contribution in [-0.2, 0) is 5.41 Å². The highest BCUT2D eigenvalue weighted by atomic mass is 15.0. The van der Waals surface area contributed by atoms with E-state index in [4.69, 9.17) is 9.97 Å². The molecule has 8 aromatic rings.